The predicted molar refractivity (Wildman–Crippen MR) is 78.5 cm³/mol. The maximum absolute atomic E-state index is 12.3. The summed E-state index contributed by atoms with van der Waals surface area (Å²) in [4.78, 5) is 20.9. The highest BCUT2D eigenvalue weighted by Gasteiger charge is 2.24. The molecule has 20 heavy (non-hydrogen) atoms. The molecule has 2 aromatic rings. The average molecular weight is 335 g/mol. The molecule has 0 unspecified atom stereocenters. The van der Waals surface area contributed by atoms with Gasteiger partial charge in [-0.25, -0.2) is 4.98 Å². The van der Waals surface area contributed by atoms with Crippen LogP contribution in [0.4, 0.5) is 0 Å². The normalized spacial score (nSPS) is 13.2. The van der Waals surface area contributed by atoms with Crippen LogP contribution < -0.4 is 5.32 Å². The van der Waals surface area contributed by atoms with Crippen LogP contribution in [0.25, 0.3) is 0 Å². The minimum Gasteiger partial charge on any atom is -0.350 e. The number of pyridine rings is 1. The molecule has 0 aliphatic carbocycles. The molecule has 6 heteroatoms. The first kappa shape index (κ1) is 13.3. The summed E-state index contributed by atoms with van der Waals surface area (Å²) in [5.74, 6) is 0.917. The molecule has 3 heterocycles. The Hall–Kier alpha value is -1.69. The van der Waals surface area contributed by atoms with Crippen molar-refractivity contribution >= 4 is 21.8 Å². The molecule has 0 spiro atoms. The van der Waals surface area contributed by atoms with Gasteiger partial charge >= 0.3 is 0 Å². The zero-order valence-electron chi connectivity index (χ0n) is 11.0. The zero-order valence-corrected chi connectivity index (χ0v) is 12.6. The molecule has 2 aromatic heterocycles. The number of halogens is 1. The van der Waals surface area contributed by atoms with E-state index in [1.165, 1.54) is 0 Å². The summed E-state index contributed by atoms with van der Waals surface area (Å²) in [5.41, 5.74) is 1.61. The summed E-state index contributed by atoms with van der Waals surface area (Å²) in [6.45, 7) is 1.44. The highest BCUT2D eigenvalue weighted by Crippen LogP contribution is 2.23. The second-order valence-electron chi connectivity index (χ2n) is 4.75. The molecule has 0 radical (unpaired) electrons. The Balaban J connectivity index is 1.63. The molecular weight excluding hydrogens is 320 g/mol. The van der Waals surface area contributed by atoms with Gasteiger partial charge in [0.15, 0.2) is 0 Å². The number of aromatic nitrogens is 3. The molecule has 104 valence electrons. The predicted octanol–water partition coefficient (Wildman–Crippen LogP) is 1.96. The van der Waals surface area contributed by atoms with Crippen LogP contribution in [0, 0.1) is 0 Å². The first-order valence-corrected chi connectivity index (χ1v) is 7.48. The van der Waals surface area contributed by atoms with Crippen molar-refractivity contribution in [1.82, 2.24) is 19.9 Å². The van der Waals surface area contributed by atoms with E-state index in [1.54, 1.807) is 6.20 Å². The molecule has 1 aliphatic rings. The molecule has 0 bridgehead atoms. The fourth-order valence-corrected chi connectivity index (χ4v) is 3.04. The molecular formula is C14H15BrN4O. The van der Waals surface area contributed by atoms with Gasteiger partial charge in [-0.2, -0.15) is 0 Å². The first-order valence-electron chi connectivity index (χ1n) is 6.68. The summed E-state index contributed by atoms with van der Waals surface area (Å²) < 4.78 is 2.64. The lowest BCUT2D eigenvalue weighted by Crippen LogP contribution is -2.28. The van der Waals surface area contributed by atoms with Crippen LogP contribution in [-0.4, -0.2) is 27.0 Å². The molecule has 0 aromatic carbocycles. The standard InChI is InChI=1S/C14H15BrN4O/c15-13-12(19-9-3-5-11(19)18-13)14(20)17-8-6-10-4-1-2-7-16-10/h1-2,4,7H,3,5-6,8-9H2,(H,17,20). The molecule has 1 aliphatic heterocycles. The molecule has 3 rings (SSSR count). The molecule has 0 saturated carbocycles. The number of nitrogens with zero attached hydrogens (tertiary/aromatic N) is 3. The van der Waals surface area contributed by atoms with Gasteiger partial charge < -0.3 is 9.88 Å². The van der Waals surface area contributed by atoms with Gasteiger partial charge in [0.2, 0.25) is 0 Å². The summed E-state index contributed by atoms with van der Waals surface area (Å²) in [5, 5.41) is 2.93. The van der Waals surface area contributed by atoms with Gasteiger partial charge in [0.1, 0.15) is 16.1 Å². The number of nitrogens with one attached hydrogen (secondary N) is 1. The second kappa shape index (κ2) is 5.75. The minimum atomic E-state index is -0.0755. The van der Waals surface area contributed by atoms with Gasteiger partial charge in [0.25, 0.3) is 5.91 Å². The van der Waals surface area contributed by atoms with Gasteiger partial charge in [0, 0.05) is 37.8 Å². The lowest BCUT2D eigenvalue weighted by atomic mass is 10.2. The van der Waals surface area contributed by atoms with Crippen molar-refractivity contribution in [2.45, 2.75) is 25.8 Å². The lowest BCUT2D eigenvalue weighted by Gasteiger charge is -2.07. The number of imidazole rings is 1. The lowest BCUT2D eigenvalue weighted by molar-refractivity contribution is 0.0944. The largest absolute Gasteiger partial charge is 0.350 e. The van der Waals surface area contributed by atoms with E-state index in [0.29, 0.717) is 16.8 Å². The number of aryl methyl sites for hydroxylation is 1. The average Bonchev–Trinajstić information content (AvgIpc) is 2.99. The minimum absolute atomic E-state index is 0.0755. The van der Waals surface area contributed by atoms with E-state index in [0.717, 1.165) is 37.3 Å². The fourth-order valence-electron chi connectivity index (χ4n) is 2.44. The Morgan fingerprint density at radius 3 is 3.15 bits per heavy atom. The van der Waals surface area contributed by atoms with Gasteiger partial charge in [-0.05, 0) is 34.5 Å². The van der Waals surface area contributed by atoms with Crippen molar-refractivity contribution in [1.29, 1.82) is 0 Å². The van der Waals surface area contributed by atoms with Crippen molar-refractivity contribution in [2.24, 2.45) is 0 Å². The summed E-state index contributed by atoms with van der Waals surface area (Å²) >= 11 is 3.37. The third-order valence-corrected chi connectivity index (χ3v) is 3.95. The van der Waals surface area contributed by atoms with Crippen LogP contribution in [-0.2, 0) is 19.4 Å². The number of carbonyl (C=O) groups is 1. The topological polar surface area (TPSA) is 59.8 Å². The first-order chi connectivity index (χ1) is 9.75. The van der Waals surface area contributed by atoms with E-state index in [4.69, 9.17) is 0 Å². The Kier molecular flexibility index (Phi) is 3.82. The van der Waals surface area contributed by atoms with Gasteiger partial charge in [-0.3, -0.25) is 9.78 Å². The van der Waals surface area contributed by atoms with Crippen molar-refractivity contribution in [3.63, 3.8) is 0 Å². The monoisotopic (exact) mass is 334 g/mol. The molecule has 5 nitrogen and oxygen atoms in total. The third kappa shape index (κ3) is 2.60. The molecule has 0 atom stereocenters. The third-order valence-electron chi connectivity index (χ3n) is 3.39. The maximum atomic E-state index is 12.3. The molecule has 1 N–H and O–H groups in total. The van der Waals surface area contributed by atoms with Crippen LogP contribution in [0.3, 0.4) is 0 Å². The number of hydrogen-bond donors (Lipinski definition) is 1. The number of hydrogen-bond acceptors (Lipinski definition) is 3. The number of fused-ring (bicyclic) bond motifs is 1. The van der Waals surface area contributed by atoms with E-state index < -0.39 is 0 Å². The Morgan fingerprint density at radius 2 is 2.35 bits per heavy atom. The van der Waals surface area contributed by atoms with Gasteiger partial charge in [-0.1, -0.05) is 6.07 Å². The Labute approximate surface area is 125 Å². The summed E-state index contributed by atoms with van der Waals surface area (Å²) in [7, 11) is 0. The summed E-state index contributed by atoms with van der Waals surface area (Å²) in [6.07, 6.45) is 4.49. The molecule has 0 saturated heterocycles. The smallest absolute Gasteiger partial charge is 0.270 e. The fraction of sp³-hybridized carbons (Fsp3) is 0.357. The van der Waals surface area contributed by atoms with Crippen LogP contribution in [0.15, 0.2) is 29.0 Å². The van der Waals surface area contributed by atoms with Gasteiger partial charge in [-0.15, -0.1) is 0 Å². The zero-order chi connectivity index (χ0) is 13.9. The highest BCUT2D eigenvalue weighted by atomic mass is 79.9. The van der Waals surface area contributed by atoms with E-state index in [1.807, 2.05) is 22.8 Å². The molecule has 1 amide bonds. The van der Waals surface area contributed by atoms with Crippen LogP contribution in [0.1, 0.15) is 28.4 Å². The van der Waals surface area contributed by atoms with Crippen LogP contribution in [0.5, 0.6) is 0 Å². The van der Waals surface area contributed by atoms with E-state index in [2.05, 4.69) is 31.2 Å². The SMILES string of the molecule is O=C(NCCc1ccccn1)c1c(Br)nc2n1CCC2. The maximum Gasteiger partial charge on any atom is 0.270 e. The molecule has 0 fully saturated rings. The number of carbonyl (C=O) groups excluding carboxylic acids is 1. The Morgan fingerprint density at radius 1 is 1.45 bits per heavy atom. The Bertz CT molecular complexity index is 624. The van der Waals surface area contributed by atoms with Crippen molar-refractivity contribution in [2.75, 3.05) is 6.54 Å². The van der Waals surface area contributed by atoms with E-state index in [9.17, 15) is 4.79 Å². The number of rotatable bonds is 4. The highest BCUT2D eigenvalue weighted by molar-refractivity contribution is 9.10. The quantitative estimate of drug-likeness (QED) is 0.929. The van der Waals surface area contributed by atoms with Gasteiger partial charge in [0.05, 0.1) is 0 Å². The van der Waals surface area contributed by atoms with Crippen LogP contribution >= 0.6 is 15.9 Å². The van der Waals surface area contributed by atoms with Crippen molar-refractivity contribution < 1.29 is 4.79 Å². The van der Waals surface area contributed by atoms with Crippen molar-refractivity contribution in [3.05, 3.63) is 46.2 Å². The summed E-state index contributed by atoms with van der Waals surface area (Å²) in [6, 6.07) is 5.79. The van der Waals surface area contributed by atoms with Crippen LogP contribution in [0.2, 0.25) is 0 Å². The van der Waals surface area contributed by atoms with E-state index >= 15 is 0 Å². The van der Waals surface area contributed by atoms with E-state index in [-0.39, 0.29) is 5.91 Å². The second-order valence-corrected chi connectivity index (χ2v) is 5.50. The van der Waals surface area contributed by atoms with Crippen molar-refractivity contribution in [3.8, 4) is 0 Å². The number of amides is 1.